The molecule has 0 spiro atoms. The molecular formula is C19H20N3NaO5. The van der Waals surface area contributed by atoms with Crippen LogP contribution in [0.5, 0.6) is 0 Å². The fraction of sp³-hybridized carbons (Fsp3) is 0.579. The van der Waals surface area contributed by atoms with E-state index in [1.165, 1.54) is 16.7 Å². The van der Waals surface area contributed by atoms with Crippen molar-refractivity contribution in [3.05, 3.63) is 22.9 Å². The van der Waals surface area contributed by atoms with Gasteiger partial charge in [-0.25, -0.2) is 0 Å². The molecule has 0 aromatic rings. The maximum atomic E-state index is 12.6. The fourth-order valence-electron chi connectivity index (χ4n) is 5.13. The van der Waals surface area contributed by atoms with Gasteiger partial charge >= 0.3 is 29.6 Å². The summed E-state index contributed by atoms with van der Waals surface area (Å²) in [5.74, 6) is -2.00. The summed E-state index contributed by atoms with van der Waals surface area (Å²) in [6.45, 7) is 2.52. The number of carboxylic acid groups (broad SMARTS) is 1. The standard InChI is InChI=1S/C19H21N3O5.Na/c1-9(23)21-8-12-7-11(6-10-4-5-20(17(10)24)13-2-3-13)15(19(26)27)22-14(12)16(21)18(22)25;/h6,12-14,16H,2-5,7-8H2,1H3,(H,26,27);/q;+1/p-1/b10-6+;/t12?,14-,16?;/m1./s1. The minimum absolute atomic E-state index is 0. The number of hydrogen-bond acceptors (Lipinski definition) is 5. The minimum Gasteiger partial charge on any atom is -0.543 e. The SMILES string of the molecule is CC(=O)N1CC2CC(/C=C3\CCN(C4CC4)C3=O)=C(C(=O)[O-])N3C(=O)C1[C@@H]23.[Na+]. The van der Waals surface area contributed by atoms with E-state index in [9.17, 15) is 24.3 Å². The first-order valence-electron chi connectivity index (χ1n) is 9.44. The van der Waals surface area contributed by atoms with Gasteiger partial charge in [0.2, 0.25) is 11.8 Å². The second-order valence-corrected chi connectivity index (χ2v) is 8.09. The Labute approximate surface area is 184 Å². The fourth-order valence-corrected chi connectivity index (χ4v) is 5.13. The first kappa shape index (κ1) is 19.7. The maximum Gasteiger partial charge on any atom is 1.00 e. The van der Waals surface area contributed by atoms with Gasteiger partial charge in [0.1, 0.15) is 6.04 Å². The van der Waals surface area contributed by atoms with Crippen LogP contribution in [-0.4, -0.2) is 69.6 Å². The molecule has 3 atom stereocenters. The molecular weight excluding hydrogens is 373 g/mol. The first-order chi connectivity index (χ1) is 12.9. The van der Waals surface area contributed by atoms with Crippen molar-refractivity contribution >= 4 is 23.7 Å². The summed E-state index contributed by atoms with van der Waals surface area (Å²) < 4.78 is 0. The van der Waals surface area contributed by atoms with Crippen molar-refractivity contribution in [1.29, 1.82) is 0 Å². The summed E-state index contributed by atoms with van der Waals surface area (Å²) in [4.78, 5) is 53.5. The Morgan fingerprint density at radius 3 is 2.54 bits per heavy atom. The topological polar surface area (TPSA) is 101 Å². The molecule has 4 heterocycles. The van der Waals surface area contributed by atoms with Gasteiger partial charge in [-0.3, -0.25) is 14.4 Å². The molecule has 5 rings (SSSR count). The summed E-state index contributed by atoms with van der Waals surface area (Å²) >= 11 is 0. The first-order valence-corrected chi connectivity index (χ1v) is 9.44. The molecule has 28 heavy (non-hydrogen) atoms. The van der Waals surface area contributed by atoms with Crippen LogP contribution in [0, 0.1) is 5.92 Å². The second-order valence-electron chi connectivity index (χ2n) is 8.09. The third-order valence-electron chi connectivity index (χ3n) is 6.48. The molecule has 4 aliphatic heterocycles. The Morgan fingerprint density at radius 1 is 1.21 bits per heavy atom. The Hall–Kier alpha value is -1.64. The molecule has 142 valence electrons. The molecule has 4 fully saturated rings. The van der Waals surface area contributed by atoms with Gasteiger partial charge in [0.05, 0.1) is 17.7 Å². The van der Waals surface area contributed by atoms with Crippen LogP contribution >= 0.6 is 0 Å². The van der Waals surface area contributed by atoms with E-state index in [4.69, 9.17) is 0 Å². The van der Waals surface area contributed by atoms with Crippen molar-refractivity contribution in [2.45, 2.75) is 50.7 Å². The molecule has 0 aromatic carbocycles. The summed E-state index contributed by atoms with van der Waals surface area (Å²) in [5, 5.41) is 11.8. The van der Waals surface area contributed by atoms with E-state index in [0.717, 1.165) is 12.8 Å². The Kier molecular flexibility index (Phi) is 4.71. The average Bonchev–Trinajstić information content (AvgIpc) is 3.29. The number of hydrogen-bond donors (Lipinski definition) is 0. The van der Waals surface area contributed by atoms with Crippen molar-refractivity contribution in [3.8, 4) is 0 Å². The van der Waals surface area contributed by atoms with Gasteiger partial charge in [0.15, 0.2) is 0 Å². The van der Waals surface area contributed by atoms with E-state index in [1.54, 1.807) is 6.08 Å². The van der Waals surface area contributed by atoms with E-state index >= 15 is 0 Å². The van der Waals surface area contributed by atoms with Crippen LogP contribution in [0.1, 0.15) is 32.6 Å². The summed E-state index contributed by atoms with van der Waals surface area (Å²) in [5.41, 5.74) is 0.933. The monoisotopic (exact) mass is 393 g/mol. The Bertz CT molecular complexity index is 862. The smallest absolute Gasteiger partial charge is 0.543 e. The number of likely N-dealkylation sites (tertiary alicyclic amines) is 2. The van der Waals surface area contributed by atoms with E-state index in [0.29, 0.717) is 43.1 Å². The normalized spacial score (nSPS) is 32.5. The number of nitrogens with zero attached hydrogens (tertiary/aromatic N) is 3. The molecule has 0 radical (unpaired) electrons. The molecule has 8 nitrogen and oxygen atoms in total. The Balaban J connectivity index is 0.00000192. The van der Waals surface area contributed by atoms with Crippen molar-refractivity contribution < 1.29 is 53.8 Å². The number of allylic oxidation sites excluding steroid dienone is 2. The number of carbonyl (C=O) groups excluding carboxylic acids is 4. The molecule has 0 N–H and O–H groups in total. The molecule has 0 aromatic heterocycles. The van der Waals surface area contributed by atoms with Gasteiger partial charge < -0.3 is 24.6 Å². The van der Waals surface area contributed by atoms with Gasteiger partial charge in [-0.2, -0.15) is 0 Å². The number of carboxylic acids is 1. The predicted octanol–water partition coefficient (Wildman–Crippen LogP) is -4.22. The molecule has 3 amide bonds. The van der Waals surface area contributed by atoms with E-state index in [-0.39, 0.29) is 64.9 Å². The van der Waals surface area contributed by atoms with Gasteiger partial charge in [-0.05, 0) is 37.3 Å². The largest absolute Gasteiger partial charge is 1.00 e. The number of rotatable bonds is 3. The van der Waals surface area contributed by atoms with E-state index < -0.39 is 12.0 Å². The zero-order valence-electron chi connectivity index (χ0n) is 16.0. The van der Waals surface area contributed by atoms with Crippen LogP contribution in [-0.2, 0) is 19.2 Å². The van der Waals surface area contributed by atoms with Crippen LogP contribution in [0.3, 0.4) is 0 Å². The maximum absolute atomic E-state index is 12.6. The van der Waals surface area contributed by atoms with Crippen LogP contribution in [0.4, 0.5) is 0 Å². The number of aliphatic carboxylic acids is 1. The van der Waals surface area contributed by atoms with Gasteiger partial charge in [-0.15, -0.1) is 0 Å². The molecule has 2 unspecified atom stereocenters. The average molecular weight is 393 g/mol. The summed E-state index contributed by atoms with van der Waals surface area (Å²) in [6.07, 6.45) is 4.73. The second kappa shape index (κ2) is 6.71. The van der Waals surface area contributed by atoms with Crippen molar-refractivity contribution in [3.63, 3.8) is 0 Å². The summed E-state index contributed by atoms with van der Waals surface area (Å²) in [7, 11) is 0. The molecule has 3 saturated heterocycles. The van der Waals surface area contributed by atoms with Gasteiger partial charge in [0, 0.05) is 37.5 Å². The zero-order valence-corrected chi connectivity index (χ0v) is 18.0. The van der Waals surface area contributed by atoms with Crippen LogP contribution in [0.25, 0.3) is 0 Å². The summed E-state index contributed by atoms with van der Waals surface area (Å²) in [6, 6.07) is -0.529. The molecule has 0 bridgehead atoms. The quantitative estimate of drug-likeness (QED) is 0.275. The number of amides is 3. The third-order valence-corrected chi connectivity index (χ3v) is 6.48. The van der Waals surface area contributed by atoms with E-state index in [1.807, 2.05) is 4.90 Å². The van der Waals surface area contributed by atoms with Crippen molar-refractivity contribution in [2.75, 3.05) is 13.1 Å². The number of carbonyl (C=O) groups is 4. The third kappa shape index (κ3) is 2.69. The predicted molar refractivity (Wildman–Crippen MR) is 89.4 cm³/mol. The van der Waals surface area contributed by atoms with Crippen molar-refractivity contribution in [1.82, 2.24) is 14.7 Å². The van der Waals surface area contributed by atoms with Gasteiger partial charge in [-0.1, -0.05) is 0 Å². The zero-order chi connectivity index (χ0) is 19.0. The molecule has 1 saturated carbocycles. The number of β-lactam (4-membered cyclic amide) rings is 1. The molecule has 1 aliphatic carbocycles. The molecule has 5 aliphatic rings. The van der Waals surface area contributed by atoms with Crippen LogP contribution in [0.15, 0.2) is 22.9 Å². The van der Waals surface area contributed by atoms with E-state index in [2.05, 4.69) is 0 Å². The Morgan fingerprint density at radius 2 is 1.93 bits per heavy atom. The van der Waals surface area contributed by atoms with Crippen molar-refractivity contribution in [2.24, 2.45) is 5.92 Å². The van der Waals surface area contributed by atoms with Gasteiger partial charge in [0.25, 0.3) is 5.91 Å². The van der Waals surface area contributed by atoms with Crippen LogP contribution < -0.4 is 34.7 Å². The minimum atomic E-state index is -1.40. The van der Waals surface area contributed by atoms with Crippen LogP contribution in [0.2, 0.25) is 0 Å². The molecule has 9 heteroatoms.